The molecule has 8 heteroatoms. The van der Waals surface area contributed by atoms with Gasteiger partial charge in [0, 0.05) is 23.8 Å². The van der Waals surface area contributed by atoms with Crippen LogP contribution in [0.4, 0.5) is 0 Å². The highest BCUT2D eigenvalue weighted by atomic mass is 16.6. The molecule has 204 valence electrons. The topological polar surface area (TPSA) is 97.4 Å². The Kier molecular flexibility index (Phi) is 14.0. The van der Waals surface area contributed by atoms with E-state index in [1.54, 1.807) is 49.4 Å². The monoisotopic (exact) mass is 524 g/mol. The number of carbonyl (C=O) groups excluding carboxylic acids is 3. The van der Waals surface area contributed by atoms with Gasteiger partial charge in [-0.15, -0.1) is 0 Å². The summed E-state index contributed by atoms with van der Waals surface area (Å²) in [5.41, 5.74) is 1.57. The van der Waals surface area contributed by atoms with Gasteiger partial charge >= 0.3 is 11.9 Å². The first kappa shape index (κ1) is 30.4. The maximum atomic E-state index is 12.6. The van der Waals surface area contributed by atoms with Gasteiger partial charge in [0.05, 0.1) is 33.0 Å². The summed E-state index contributed by atoms with van der Waals surface area (Å²) in [5, 5.41) is 0. The second-order valence-electron chi connectivity index (χ2n) is 8.53. The van der Waals surface area contributed by atoms with Crippen molar-refractivity contribution in [2.24, 2.45) is 0 Å². The first-order valence-corrected chi connectivity index (χ1v) is 12.7. The van der Waals surface area contributed by atoms with E-state index in [1.807, 2.05) is 12.0 Å². The van der Waals surface area contributed by atoms with Crippen LogP contribution in [0.3, 0.4) is 0 Å². The van der Waals surface area contributed by atoms with Crippen molar-refractivity contribution < 1.29 is 38.1 Å². The van der Waals surface area contributed by atoms with Crippen LogP contribution in [0.15, 0.2) is 54.1 Å². The Morgan fingerprint density at radius 3 is 2.21 bits per heavy atom. The van der Waals surface area contributed by atoms with Gasteiger partial charge in [-0.1, -0.05) is 43.9 Å². The molecule has 0 radical (unpaired) electrons. The van der Waals surface area contributed by atoms with Gasteiger partial charge in [-0.25, -0.2) is 14.4 Å². The van der Waals surface area contributed by atoms with Crippen LogP contribution in [0.25, 0.3) is 6.08 Å². The van der Waals surface area contributed by atoms with Crippen LogP contribution < -0.4 is 14.2 Å². The van der Waals surface area contributed by atoms with Crippen LogP contribution in [0.5, 0.6) is 17.2 Å². The van der Waals surface area contributed by atoms with Crippen LogP contribution in [-0.2, 0) is 19.1 Å². The van der Waals surface area contributed by atoms with E-state index in [2.05, 4.69) is 4.74 Å². The maximum absolute atomic E-state index is 12.6. The van der Waals surface area contributed by atoms with E-state index in [0.29, 0.717) is 42.3 Å². The molecule has 0 unspecified atom stereocenters. The first-order valence-electron chi connectivity index (χ1n) is 12.7. The van der Waals surface area contributed by atoms with Crippen molar-refractivity contribution in [3.8, 4) is 17.2 Å². The Hall–Kier alpha value is -3.87. The van der Waals surface area contributed by atoms with Gasteiger partial charge < -0.3 is 23.7 Å². The largest absolute Gasteiger partial charge is 0.490 e. The summed E-state index contributed by atoms with van der Waals surface area (Å²) in [5.74, 6) is 1.66. The van der Waals surface area contributed by atoms with E-state index >= 15 is 0 Å². The molecular weight excluding hydrogens is 488 g/mol. The molecule has 0 aliphatic carbocycles. The Labute approximate surface area is 224 Å². The lowest BCUT2D eigenvalue weighted by Crippen LogP contribution is -2.10. The number of hydrogen-bond donors (Lipinski definition) is 0. The highest BCUT2D eigenvalue weighted by Crippen LogP contribution is 2.41. The number of esters is 2. The summed E-state index contributed by atoms with van der Waals surface area (Å²) in [6, 6.07) is 12.0. The van der Waals surface area contributed by atoms with Crippen LogP contribution in [0, 0.1) is 0 Å². The Bertz CT molecular complexity index is 1100. The third-order valence-corrected chi connectivity index (χ3v) is 5.55. The molecule has 0 atom stereocenters. The van der Waals surface area contributed by atoms with Crippen molar-refractivity contribution in [1.29, 1.82) is 0 Å². The van der Waals surface area contributed by atoms with E-state index in [9.17, 15) is 14.4 Å². The molecule has 0 saturated carbocycles. The second-order valence-corrected chi connectivity index (χ2v) is 8.53. The molecule has 0 fully saturated rings. The van der Waals surface area contributed by atoms with Crippen molar-refractivity contribution in [3.05, 3.63) is 65.2 Å². The summed E-state index contributed by atoms with van der Waals surface area (Å²) < 4.78 is 27.3. The lowest BCUT2D eigenvalue weighted by atomic mass is 10.1. The molecule has 0 heterocycles. The van der Waals surface area contributed by atoms with Gasteiger partial charge in [-0.05, 0) is 50.1 Å². The Morgan fingerprint density at radius 1 is 0.868 bits per heavy atom. The van der Waals surface area contributed by atoms with Crippen LogP contribution in [-0.4, -0.2) is 51.9 Å². The smallest absolute Gasteiger partial charge is 0.343 e. The molecule has 0 N–H and O–H groups in total. The first-order chi connectivity index (χ1) is 18.5. The molecule has 38 heavy (non-hydrogen) atoms. The van der Waals surface area contributed by atoms with Gasteiger partial charge in [0.25, 0.3) is 0 Å². The summed E-state index contributed by atoms with van der Waals surface area (Å²) in [6.45, 7) is 3.10. The number of methoxy groups -OCH3 is 2. The minimum absolute atomic E-state index is 0.215. The van der Waals surface area contributed by atoms with Gasteiger partial charge in [0.1, 0.15) is 5.94 Å². The van der Waals surface area contributed by atoms with E-state index in [-0.39, 0.29) is 11.5 Å². The highest BCUT2D eigenvalue weighted by molar-refractivity contribution is 5.92. The van der Waals surface area contributed by atoms with Gasteiger partial charge in [0.2, 0.25) is 5.75 Å². The van der Waals surface area contributed by atoms with E-state index in [4.69, 9.17) is 18.9 Å². The van der Waals surface area contributed by atoms with Gasteiger partial charge in [0.15, 0.2) is 11.5 Å². The zero-order valence-electron chi connectivity index (χ0n) is 22.3. The molecule has 0 saturated heterocycles. The Balaban J connectivity index is 1.95. The lowest BCUT2D eigenvalue weighted by molar-refractivity contribution is -0.134. The molecule has 0 aliphatic rings. The molecule has 2 rings (SSSR count). The van der Waals surface area contributed by atoms with Gasteiger partial charge in [-0.2, -0.15) is 0 Å². The minimum Gasteiger partial charge on any atom is -0.490 e. The zero-order chi connectivity index (χ0) is 27.6. The number of carbonyl (C=O) groups is 2. The lowest BCUT2D eigenvalue weighted by Gasteiger charge is -2.17. The third-order valence-electron chi connectivity index (χ3n) is 5.55. The molecule has 2 aromatic carbocycles. The molecular formula is C30H36O8. The average molecular weight is 525 g/mol. The fourth-order valence-corrected chi connectivity index (χ4v) is 3.51. The molecule has 0 aromatic heterocycles. The van der Waals surface area contributed by atoms with Crippen molar-refractivity contribution in [2.45, 2.75) is 45.4 Å². The third kappa shape index (κ3) is 10.6. The molecule has 0 bridgehead atoms. The van der Waals surface area contributed by atoms with Crippen molar-refractivity contribution in [2.75, 3.05) is 34.0 Å². The number of ether oxygens (including phenoxy) is 5. The normalized spacial score (nSPS) is 10.6. The molecule has 0 aliphatic heterocycles. The van der Waals surface area contributed by atoms with Crippen LogP contribution in [0.2, 0.25) is 0 Å². The SMILES string of the molecule is COC(=O)C=Cc1ccc(OC(=O)c2ccccc2)c(OC)c1OCCCCCCCCOCC(C)=C=O. The van der Waals surface area contributed by atoms with Crippen molar-refractivity contribution in [3.63, 3.8) is 0 Å². The molecule has 2 aromatic rings. The second kappa shape index (κ2) is 17.6. The number of hydrogen-bond acceptors (Lipinski definition) is 8. The predicted octanol–water partition coefficient (Wildman–Crippen LogP) is 5.61. The number of rotatable bonds is 17. The van der Waals surface area contributed by atoms with Gasteiger partial charge in [-0.3, -0.25) is 0 Å². The summed E-state index contributed by atoms with van der Waals surface area (Å²) in [6.07, 6.45) is 8.78. The van der Waals surface area contributed by atoms with E-state index < -0.39 is 11.9 Å². The number of benzene rings is 2. The molecule has 8 nitrogen and oxygen atoms in total. The van der Waals surface area contributed by atoms with E-state index in [0.717, 1.165) is 38.5 Å². The summed E-state index contributed by atoms with van der Waals surface area (Å²) in [7, 11) is 2.77. The predicted molar refractivity (Wildman–Crippen MR) is 144 cm³/mol. The van der Waals surface area contributed by atoms with Crippen LogP contribution in [0.1, 0.15) is 61.4 Å². The molecule has 0 amide bonds. The zero-order valence-corrected chi connectivity index (χ0v) is 22.3. The number of unbranched alkanes of at least 4 members (excludes halogenated alkanes) is 5. The fourth-order valence-electron chi connectivity index (χ4n) is 3.51. The summed E-state index contributed by atoms with van der Waals surface area (Å²) in [4.78, 5) is 34.7. The maximum Gasteiger partial charge on any atom is 0.343 e. The average Bonchev–Trinajstić information content (AvgIpc) is 2.95. The summed E-state index contributed by atoms with van der Waals surface area (Å²) >= 11 is 0. The quantitative estimate of drug-likeness (QED) is 0.0865. The van der Waals surface area contributed by atoms with Crippen molar-refractivity contribution in [1.82, 2.24) is 0 Å². The highest BCUT2D eigenvalue weighted by Gasteiger charge is 2.19. The standard InChI is InChI=1S/C30H36O8/c1-23(21-31)22-36-19-11-6-4-5-7-12-20-37-28-24(16-18-27(32)34-2)15-17-26(29(28)35-3)38-30(33)25-13-9-8-10-14-25/h8-10,13-18H,4-7,11-12,19-20,22H2,1-3H3. The fraction of sp³-hybridized carbons (Fsp3) is 0.400. The van der Waals surface area contributed by atoms with Crippen molar-refractivity contribution >= 4 is 24.0 Å². The van der Waals surface area contributed by atoms with Crippen LogP contribution >= 0.6 is 0 Å². The molecule has 0 spiro atoms. The van der Waals surface area contributed by atoms with E-state index in [1.165, 1.54) is 20.3 Å². The minimum atomic E-state index is -0.520. The Morgan fingerprint density at radius 2 is 1.55 bits per heavy atom.